The third kappa shape index (κ3) is 3.00. The van der Waals surface area contributed by atoms with Crippen LogP contribution >= 0.6 is 0 Å². The second kappa shape index (κ2) is 5.62. The summed E-state index contributed by atoms with van der Waals surface area (Å²) in [7, 11) is 1.54. The van der Waals surface area contributed by atoms with Gasteiger partial charge in [-0.3, -0.25) is 14.9 Å². The predicted molar refractivity (Wildman–Crippen MR) is 78.7 cm³/mol. The molecule has 1 N–H and O–H groups in total. The number of anilines is 1. The fourth-order valence-corrected chi connectivity index (χ4v) is 1.95. The number of hydrogen-bond donors (Lipinski definition) is 1. The van der Waals surface area contributed by atoms with Crippen LogP contribution in [0, 0.1) is 17.0 Å². The first-order valence-electron chi connectivity index (χ1n) is 6.22. The molecule has 0 heterocycles. The van der Waals surface area contributed by atoms with Crippen LogP contribution < -0.4 is 4.90 Å². The van der Waals surface area contributed by atoms with Gasteiger partial charge in [-0.1, -0.05) is 6.07 Å². The van der Waals surface area contributed by atoms with Gasteiger partial charge in [0.25, 0.3) is 11.6 Å². The molecule has 0 saturated heterocycles. The van der Waals surface area contributed by atoms with Crippen molar-refractivity contribution in [3.05, 3.63) is 63.7 Å². The molecule has 2 aromatic carbocycles. The van der Waals surface area contributed by atoms with Gasteiger partial charge < -0.3 is 10.0 Å². The van der Waals surface area contributed by atoms with Crippen LogP contribution in [0.15, 0.2) is 42.5 Å². The molecule has 0 atom stereocenters. The number of rotatable bonds is 3. The van der Waals surface area contributed by atoms with Crippen molar-refractivity contribution in [2.24, 2.45) is 0 Å². The molecule has 6 nitrogen and oxygen atoms in total. The number of carbonyl (C=O) groups excluding carboxylic acids is 1. The molecule has 0 radical (unpaired) electrons. The molecule has 0 aliphatic carbocycles. The van der Waals surface area contributed by atoms with Crippen LogP contribution in [0.2, 0.25) is 0 Å². The van der Waals surface area contributed by atoms with Crippen LogP contribution in [0.25, 0.3) is 0 Å². The van der Waals surface area contributed by atoms with Gasteiger partial charge >= 0.3 is 0 Å². The van der Waals surface area contributed by atoms with Crippen LogP contribution in [0.5, 0.6) is 5.75 Å². The predicted octanol–water partition coefficient (Wildman–Crippen LogP) is 2.89. The van der Waals surface area contributed by atoms with Gasteiger partial charge in [0.15, 0.2) is 0 Å². The lowest BCUT2D eigenvalue weighted by atomic mass is 10.1. The van der Waals surface area contributed by atoms with E-state index in [9.17, 15) is 20.0 Å². The van der Waals surface area contributed by atoms with Crippen molar-refractivity contribution >= 4 is 17.3 Å². The number of nitro groups is 1. The Kier molecular flexibility index (Phi) is 3.89. The quantitative estimate of drug-likeness (QED) is 0.694. The molecule has 6 heteroatoms. The van der Waals surface area contributed by atoms with Crippen molar-refractivity contribution in [3.63, 3.8) is 0 Å². The minimum Gasteiger partial charge on any atom is -0.506 e. The van der Waals surface area contributed by atoms with Gasteiger partial charge in [0.2, 0.25) is 0 Å². The Labute approximate surface area is 121 Å². The maximum Gasteiger partial charge on any atom is 0.269 e. The highest BCUT2D eigenvalue weighted by Crippen LogP contribution is 2.28. The zero-order chi connectivity index (χ0) is 15.6. The van der Waals surface area contributed by atoms with Crippen molar-refractivity contribution in [2.75, 3.05) is 11.9 Å². The summed E-state index contributed by atoms with van der Waals surface area (Å²) in [5.74, 6) is -0.350. The zero-order valence-electron chi connectivity index (χ0n) is 11.6. The molecule has 0 bridgehead atoms. The molecule has 0 aliphatic rings. The van der Waals surface area contributed by atoms with Gasteiger partial charge in [-0.15, -0.1) is 0 Å². The summed E-state index contributed by atoms with van der Waals surface area (Å²) in [6.07, 6.45) is 0. The van der Waals surface area contributed by atoms with Crippen LogP contribution in [-0.2, 0) is 0 Å². The number of nitrogens with zero attached hydrogens (tertiary/aromatic N) is 2. The summed E-state index contributed by atoms with van der Waals surface area (Å²) < 4.78 is 0. The number of non-ortho nitro benzene ring substituents is 1. The van der Waals surface area contributed by atoms with Crippen molar-refractivity contribution < 1.29 is 14.8 Å². The molecule has 2 rings (SSSR count). The van der Waals surface area contributed by atoms with Crippen LogP contribution in [0.4, 0.5) is 11.4 Å². The molecular formula is C15H14N2O4. The summed E-state index contributed by atoms with van der Waals surface area (Å²) in [6, 6.07) is 10.3. The van der Waals surface area contributed by atoms with E-state index < -0.39 is 4.92 Å². The Morgan fingerprint density at radius 2 is 1.81 bits per heavy atom. The molecule has 0 saturated carbocycles. The zero-order valence-corrected chi connectivity index (χ0v) is 11.6. The van der Waals surface area contributed by atoms with Gasteiger partial charge in [-0.05, 0) is 36.8 Å². The minimum absolute atomic E-state index is 0.00719. The van der Waals surface area contributed by atoms with E-state index in [4.69, 9.17) is 0 Å². The van der Waals surface area contributed by atoms with E-state index in [1.165, 1.54) is 36.2 Å². The summed E-state index contributed by atoms with van der Waals surface area (Å²) in [6.45, 7) is 1.83. The molecule has 1 amide bonds. The lowest BCUT2D eigenvalue weighted by molar-refractivity contribution is -0.384. The number of phenolic OH excluding ortho intramolecular Hbond substituents is 1. The van der Waals surface area contributed by atoms with Gasteiger partial charge in [0.05, 0.1) is 10.6 Å². The number of phenols is 1. The molecule has 0 aliphatic heterocycles. The number of aromatic hydroxyl groups is 1. The molecule has 108 valence electrons. The van der Waals surface area contributed by atoms with E-state index in [1.54, 1.807) is 18.2 Å². The summed E-state index contributed by atoms with van der Waals surface area (Å²) in [5, 5.41) is 20.5. The van der Waals surface area contributed by atoms with Gasteiger partial charge in [0.1, 0.15) is 5.75 Å². The van der Waals surface area contributed by atoms with E-state index in [0.717, 1.165) is 5.56 Å². The second-order valence-electron chi connectivity index (χ2n) is 4.66. The van der Waals surface area contributed by atoms with Crippen LogP contribution in [-0.4, -0.2) is 23.0 Å². The normalized spacial score (nSPS) is 10.2. The Bertz CT molecular complexity index is 695. The van der Waals surface area contributed by atoms with Crippen molar-refractivity contribution in [3.8, 4) is 5.75 Å². The molecule has 0 unspecified atom stereocenters. The Morgan fingerprint density at radius 1 is 1.19 bits per heavy atom. The molecule has 21 heavy (non-hydrogen) atoms. The highest BCUT2D eigenvalue weighted by atomic mass is 16.6. The van der Waals surface area contributed by atoms with E-state index in [2.05, 4.69) is 0 Å². The number of nitro benzene ring substituents is 1. The maximum absolute atomic E-state index is 12.3. The fraction of sp³-hybridized carbons (Fsp3) is 0.133. The monoisotopic (exact) mass is 286 g/mol. The number of benzene rings is 2. The minimum atomic E-state index is -0.524. The molecular weight excluding hydrogens is 272 g/mol. The second-order valence-corrected chi connectivity index (χ2v) is 4.66. The first-order chi connectivity index (χ1) is 9.90. The smallest absolute Gasteiger partial charge is 0.269 e. The Balaban J connectivity index is 2.28. The molecule has 0 fully saturated rings. The Morgan fingerprint density at radius 3 is 2.33 bits per heavy atom. The maximum atomic E-state index is 12.3. The third-order valence-corrected chi connectivity index (χ3v) is 3.12. The average molecular weight is 286 g/mol. The first kappa shape index (κ1) is 14.5. The summed E-state index contributed by atoms with van der Waals surface area (Å²) >= 11 is 0. The van der Waals surface area contributed by atoms with Crippen molar-refractivity contribution in [2.45, 2.75) is 6.92 Å². The van der Waals surface area contributed by atoms with Crippen LogP contribution in [0.1, 0.15) is 15.9 Å². The highest BCUT2D eigenvalue weighted by molar-refractivity contribution is 6.06. The highest BCUT2D eigenvalue weighted by Gasteiger charge is 2.17. The lowest BCUT2D eigenvalue weighted by Gasteiger charge is -2.18. The van der Waals surface area contributed by atoms with Gasteiger partial charge in [-0.25, -0.2) is 0 Å². The van der Waals surface area contributed by atoms with E-state index in [0.29, 0.717) is 11.3 Å². The van der Waals surface area contributed by atoms with Crippen molar-refractivity contribution in [1.29, 1.82) is 0 Å². The largest absolute Gasteiger partial charge is 0.506 e. The van der Waals surface area contributed by atoms with Crippen LogP contribution in [0.3, 0.4) is 0 Å². The first-order valence-corrected chi connectivity index (χ1v) is 6.22. The average Bonchev–Trinajstić information content (AvgIpc) is 2.46. The van der Waals surface area contributed by atoms with E-state index >= 15 is 0 Å². The van der Waals surface area contributed by atoms with E-state index in [-0.39, 0.29) is 17.3 Å². The number of aryl methyl sites for hydroxylation is 1. The number of carbonyl (C=O) groups is 1. The van der Waals surface area contributed by atoms with Gasteiger partial charge in [-0.2, -0.15) is 0 Å². The Hall–Kier alpha value is -2.89. The van der Waals surface area contributed by atoms with E-state index in [1.807, 2.05) is 6.92 Å². The lowest BCUT2D eigenvalue weighted by Crippen LogP contribution is -2.26. The number of amides is 1. The molecule has 0 aromatic heterocycles. The summed E-state index contributed by atoms with van der Waals surface area (Å²) in [5.41, 5.74) is 1.49. The SMILES string of the molecule is Cc1ccc(N(C)C(=O)c2ccc([N+](=O)[O-])cc2)c(O)c1. The molecule has 2 aromatic rings. The standard InChI is InChI=1S/C15H14N2O4/c1-10-3-8-13(14(18)9-10)16(2)15(19)11-4-6-12(7-5-11)17(20)21/h3-9,18H,1-2H3. The summed E-state index contributed by atoms with van der Waals surface area (Å²) in [4.78, 5) is 23.7. The third-order valence-electron chi connectivity index (χ3n) is 3.12. The fourth-order valence-electron chi connectivity index (χ4n) is 1.95. The topological polar surface area (TPSA) is 83.7 Å². The van der Waals surface area contributed by atoms with Gasteiger partial charge in [0, 0.05) is 24.7 Å². The number of hydrogen-bond acceptors (Lipinski definition) is 4. The van der Waals surface area contributed by atoms with Crippen molar-refractivity contribution in [1.82, 2.24) is 0 Å². The molecule has 0 spiro atoms.